The lowest BCUT2D eigenvalue weighted by atomic mass is 10.1. The van der Waals surface area contributed by atoms with Gasteiger partial charge in [0.05, 0.1) is 27.2 Å². The zero-order valence-electron chi connectivity index (χ0n) is 20.7. The third-order valence-electron chi connectivity index (χ3n) is 5.53. The molecule has 0 aliphatic rings. The van der Waals surface area contributed by atoms with Crippen molar-refractivity contribution >= 4 is 5.91 Å². The van der Waals surface area contributed by atoms with E-state index in [4.69, 9.17) is 5.11 Å². The minimum atomic E-state index is -0.678. The van der Waals surface area contributed by atoms with Crippen LogP contribution < -0.4 is 5.32 Å². The zero-order chi connectivity index (χ0) is 23.2. The molecule has 0 saturated heterocycles. The van der Waals surface area contributed by atoms with E-state index in [-0.39, 0.29) is 12.5 Å². The van der Waals surface area contributed by atoms with Gasteiger partial charge in [-0.15, -0.1) is 0 Å². The topological polar surface area (TPSA) is 69.6 Å². The van der Waals surface area contributed by atoms with E-state index in [1.54, 1.807) is 0 Å². The number of aliphatic hydroxyl groups is 2. The van der Waals surface area contributed by atoms with Gasteiger partial charge in [0.1, 0.15) is 12.6 Å². The number of hydrogen-bond donors (Lipinski definition) is 3. The maximum Gasteiger partial charge on any atom is 0.219 e. The summed E-state index contributed by atoms with van der Waals surface area (Å²) in [6.45, 7) is 4.10. The quantitative estimate of drug-likeness (QED) is 0.137. The summed E-state index contributed by atoms with van der Waals surface area (Å²) in [4.78, 5) is 11.9. The van der Waals surface area contributed by atoms with Gasteiger partial charge in [-0.3, -0.25) is 4.79 Å². The molecule has 5 heteroatoms. The molecule has 0 rings (SSSR count). The van der Waals surface area contributed by atoms with Crippen LogP contribution in [0.1, 0.15) is 90.4 Å². The molecule has 0 heterocycles. The van der Waals surface area contributed by atoms with E-state index in [0.717, 1.165) is 38.6 Å². The highest BCUT2D eigenvalue weighted by molar-refractivity contribution is 5.75. The van der Waals surface area contributed by atoms with E-state index in [1.165, 1.54) is 44.9 Å². The lowest BCUT2D eigenvalue weighted by Gasteiger charge is -2.31. The third kappa shape index (κ3) is 21.8. The summed E-state index contributed by atoms with van der Waals surface area (Å²) in [6.07, 6.45) is 23.1. The molecule has 31 heavy (non-hydrogen) atoms. The molecule has 0 aliphatic heterocycles. The SMILES string of the molecule is CCCCC/C=C\C/C=C\CCCCCCCC(=O)NCCC[N+](C)(C)CC(O)CO. The Balaban J connectivity index is 3.47. The number of nitrogens with one attached hydrogen (secondary N) is 1. The van der Waals surface area contributed by atoms with Crippen LogP contribution >= 0.6 is 0 Å². The lowest BCUT2D eigenvalue weighted by molar-refractivity contribution is -0.893. The van der Waals surface area contributed by atoms with Crippen LogP contribution in [-0.4, -0.2) is 67.0 Å². The van der Waals surface area contributed by atoms with Crippen LogP contribution in [0.5, 0.6) is 0 Å². The van der Waals surface area contributed by atoms with E-state index in [0.29, 0.717) is 24.0 Å². The van der Waals surface area contributed by atoms with Crippen molar-refractivity contribution in [2.45, 2.75) is 96.5 Å². The minimum absolute atomic E-state index is 0.145. The van der Waals surface area contributed by atoms with Gasteiger partial charge < -0.3 is 20.0 Å². The molecule has 0 fully saturated rings. The highest BCUT2D eigenvalue weighted by Gasteiger charge is 2.19. The Hall–Kier alpha value is -1.17. The fourth-order valence-corrected chi connectivity index (χ4v) is 3.64. The molecular formula is C26H51N2O3+. The van der Waals surface area contributed by atoms with Gasteiger partial charge >= 0.3 is 0 Å². The summed E-state index contributed by atoms with van der Waals surface area (Å²) in [6, 6.07) is 0. The predicted molar refractivity (Wildman–Crippen MR) is 132 cm³/mol. The van der Waals surface area contributed by atoms with E-state index < -0.39 is 6.10 Å². The molecule has 0 spiro atoms. The number of carbonyl (C=O) groups is 1. The molecule has 0 aromatic rings. The molecule has 0 bridgehead atoms. The summed E-state index contributed by atoms with van der Waals surface area (Å²) in [7, 11) is 4.06. The van der Waals surface area contributed by atoms with Gasteiger partial charge in [0.2, 0.25) is 5.91 Å². The first-order valence-corrected chi connectivity index (χ1v) is 12.6. The van der Waals surface area contributed by atoms with Gasteiger partial charge in [0.25, 0.3) is 0 Å². The van der Waals surface area contributed by atoms with Crippen molar-refractivity contribution in [3.8, 4) is 0 Å². The second kappa shape index (κ2) is 20.7. The van der Waals surface area contributed by atoms with Gasteiger partial charge in [-0.05, 0) is 38.5 Å². The average Bonchev–Trinajstić information content (AvgIpc) is 2.73. The fraction of sp³-hybridized carbons (Fsp3) is 0.808. The number of hydrogen-bond acceptors (Lipinski definition) is 3. The van der Waals surface area contributed by atoms with Crippen LogP contribution in [0.3, 0.4) is 0 Å². The fourth-order valence-electron chi connectivity index (χ4n) is 3.64. The number of rotatable bonds is 21. The van der Waals surface area contributed by atoms with Crippen LogP contribution in [-0.2, 0) is 4.79 Å². The van der Waals surface area contributed by atoms with Crippen molar-refractivity contribution in [1.29, 1.82) is 0 Å². The van der Waals surface area contributed by atoms with Gasteiger partial charge in [0.15, 0.2) is 0 Å². The molecule has 1 amide bonds. The molecule has 1 atom stereocenters. The standard InChI is InChI=1S/C26H50N2O3/c1-4-5-6-7-8-9-10-11-12-13-14-15-16-17-18-20-26(31)27-21-19-22-28(2,3)23-25(30)24-29/h8-9,11-12,25,29-30H,4-7,10,13-24H2,1-3H3/p+1/b9-8-,12-11-. The van der Waals surface area contributed by atoms with Crippen LogP contribution in [0.25, 0.3) is 0 Å². The number of likely N-dealkylation sites (N-methyl/N-ethyl adjacent to an activating group) is 1. The largest absolute Gasteiger partial charge is 0.393 e. The van der Waals surface area contributed by atoms with Crippen molar-refractivity contribution in [2.24, 2.45) is 0 Å². The molecule has 182 valence electrons. The molecule has 5 nitrogen and oxygen atoms in total. The molecule has 0 aromatic heterocycles. The van der Waals surface area contributed by atoms with Crippen molar-refractivity contribution in [2.75, 3.05) is 40.3 Å². The summed E-state index contributed by atoms with van der Waals surface area (Å²) < 4.78 is 0.641. The average molecular weight is 440 g/mol. The molecule has 0 aliphatic carbocycles. The van der Waals surface area contributed by atoms with Crippen LogP contribution in [0.2, 0.25) is 0 Å². The van der Waals surface area contributed by atoms with Crippen molar-refractivity contribution in [3.05, 3.63) is 24.3 Å². The Bertz CT molecular complexity index is 475. The normalized spacial score (nSPS) is 13.3. The Morgan fingerprint density at radius 2 is 1.52 bits per heavy atom. The first kappa shape index (κ1) is 29.8. The van der Waals surface area contributed by atoms with Crippen LogP contribution in [0, 0.1) is 0 Å². The molecule has 0 saturated carbocycles. The second-order valence-corrected chi connectivity index (χ2v) is 9.36. The van der Waals surface area contributed by atoms with E-state index in [1.807, 2.05) is 14.1 Å². The molecule has 1 unspecified atom stereocenters. The number of quaternary nitrogens is 1. The number of carbonyl (C=O) groups excluding carboxylic acids is 1. The monoisotopic (exact) mass is 439 g/mol. The number of aliphatic hydroxyl groups excluding tert-OH is 2. The summed E-state index contributed by atoms with van der Waals surface area (Å²) in [5.41, 5.74) is 0. The number of unbranched alkanes of at least 4 members (excludes halogenated alkanes) is 8. The molecule has 0 radical (unpaired) electrons. The summed E-state index contributed by atoms with van der Waals surface area (Å²) in [5.74, 6) is 0.145. The van der Waals surface area contributed by atoms with Crippen molar-refractivity contribution in [1.82, 2.24) is 5.32 Å². The lowest BCUT2D eigenvalue weighted by Crippen LogP contribution is -2.47. The zero-order valence-corrected chi connectivity index (χ0v) is 20.7. The summed E-state index contributed by atoms with van der Waals surface area (Å²) >= 11 is 0. The second-order valence-electron chi connectivity index (χ2n) is 9.36. The highest BCUT2D eigenvalue weighted by Crippen LogP contribution is 2.08. The van der Waals surface area contributed by atoms with Crippen LogP contribution in [0.4, 0.5) is 0 Å². The van der Waals surface area contributed by atoms with Crippen molar-refractivity contribution < 1.29 is 19.5 Å². The highest BCUT2D eigenvalue weighted by atomic mass is 16.3. The maximum atomic E-state index is 11.9. The Kier molecular flexibility index (Phi) is 19.9. The van der Waals surface area contributed by atoms with Crippen molar-refractivity contribution in [3.63, 3.8) is 0 Å². The predicted octanol–water partition coefficient (Wildman–Crippen LogP) is 4.74. The smallest absolute Gasteiger partial charge is 0.219 e. The number of allylic oxidation sites excluding steroid dienone is 4. The minimum Gasteiger partial charge on any atom is -0.393 e. The van der Waals surface area contributed by atoms with Gasteiger partial charge in [0, 0.05) is 19.4 Å². The summed E-state index contributed by atoms with van der Waals surface area (Å²) in [5, 5.41) is 21.5. The Morgan fingerprint density at radius 3 is 2.16 bits per heavy atom. The number of nitrogens with zero attached hydrogens (tertiary/aromatic N) is 1. The van der Waals surface area contributed by atoms with E-state index in [2.05, 4.69) is 36.5 Å². The third-order valence-corrected chi connectivity index (χ3v) is 5.53. The van der Waals surface area contributed by atoms with Crippen LogP contribution in [0.15, 0.2) is 24.3 Å². The molecule has 0 aromatic carbocycles. The first-order chi connectivity index (χ1) is 14.9. The van der Waals surface area contributed by atoms with Gasteiger partial charge in [-0.25, -0.2) is 0 Å². The first-order valence-electron chi connectivity index (χ1n) is 12.6. The van der Waals surface area contributed by atoms with Gasteiger partial charge in [-0.2, -0.15) is 0 Å². The Labute approximate surface area is 192 Å². The van der Waals surface area contributed by atoms with Gasteiger partial charge in [-0.1, -0.05) is 63.3 Å². The molecule has 3 N–H and O–H groups in total. The molecular weight excluding hydrogens is 388 g/mol. The van der Waals surface area contributed by atoms with E-state index in [9.17, 15) is 9.90 Å². The number of amides is 1. The Morgan fingerprint density at radius 1 is 0.903 bits per heavy atom. The maximum absolute atomic E-state index is 11.9. The van der Waals surface area contributed by atoms with E-state index >= 15 is 0 Å².